The standard InChI is InChI=1S/C29H33N3O3.ClH/c1-18(2)16-27(33)31-17-24(19(3)28(30)34)29(35)32(26-15-8-7-14-25(26)31)20(4)22-13-9-11-21-10-5-6-12-23(21)22;/h5-15,18-20,24H,16-17H2,1-4H3,(H2,30,34);1H/t19?,20?,24-;/m1./s1. The van der Waals surface area contributed by atoms with Crippen LogP contribution >= 0.6 is 12.4 Å². The Labute approximate surface area is 218 Å². The van der Waals surface area contributed by atoms with Gasteiger partial charge in [0.1, 0.15) is 0 Å². The lowest BCUT2D eigenvalue weighted by Gasteiger charge is -2.33. The summed E-state index contributed by atoms with van der Waals surface area (Å²) in [5.74, 6) is -2.15. The van der Waals surface area contributed by atoms with Gasteiger partial charge in [-0.25, -0.2) is 0 Å². The van der Waals surface area contributed by atoms with E-state index in [9.17, 15) is 14.4 Å². The topological polar surface area (TPSA) is 83.7 Å². The van der Waals surface area contributed by atoms with Crippen molar-refractivity contribution in [2.24, 2.45) is 23.5 Å². The maximum atomic E-state index is 14.2. The van der Waals surface area contributed by atoms with E-state index in [1.165, 1.54) is 0 Å². The highest BCUT2D eigenvalue weighted by molar-refractivity contribution is 6.07. The summed E-state index contributed by atoms with van der Waals surface area (Å²) < 4.78 is 0. The van der Waals surface area contributed by atoms with E-state index >= 15 is 0 Å². The summed E-state index contributed by atoms with van der Waals surface area (Å²) in [5, 5.41) is 2.15. The van der Waals surface area contributed by atoms with E-state index in [2.05, 4.69) is 6.07 Å². The third-order valence-electron chi connectivity index (χ3n) is 6.96. The number of primary amides is 1. The van der Waals surface area contributed by atoms with Crippen molar-refractivity contribution in [3.05, 3.63) is 72.3 Å². The first-order valence-corrected chi connectivity index (χ1v) is 12.2. The second kappa shape index (κ2) is 11.1. The molecule has 3 aromatic carbocycles. The fourth-order valence-corrected chi connectivity index (χ4v) is 4.99. The lowest BCUT2D eigenvalue weighted by atomic mass is 9.90. The van der Waals surface area contributed by atoms with Gasteiger partial charge in [0.05, 0.1) is 23.3 Å². The van der Waals surface area contributed by atoms with Crippen LogP contribution < -0.4 is 15.5 Å². The Morgan fingerprint density at radius 3 is 2.19 bits per heavy atom. The Hall–Kier alpha value is -3.38. The molecule has 1 heterocycles. The molecule has 0 aliphatic carbocycles. The van der Waals surface area contributed by atoms with E-state index < -0.39 is 17.7 Å². The number of para-hydroxylation sites is 2. The van der Waals surface area contributed by atoms with E-state index in [-0.39, 0.29) is 42.7 Å². The number of benzene rings is 3. The number of carbonyl (C=O) groups is 3. The predicted octanol–water partition coefficient (Wildman–Crippen LogP) is 5.49. The highest BCUT2D eigenvalue weighted by atomic mass is 35.5. The van der Waals surface area contributed by atoms with Crippen molar-refractivity contribution in [2.75, 3.05) is 16.3 Å². The number of hydrogen-bond donors (Lipinski definition) is 1. The van der Waals surface area contributed by atoms with Crippen LogP contribution in [0, 0.1) is 17.8 Å². The molecule has 7 heteroatoms. The zero-order valence-electron chi connectivity index (χ0n) is 21.2. The van der Waals surface area contributed by atoms with Crippen molar-refractivity contribution in [1.82, 2.24) is 0 Å². The van der Waals surface area contributed by atoms with Gasteiger partial charge in [0, 0.05) is 18.9 Å². The first-order chi connectivity index (χ1) is 16.7. The Balaban J connectivity index is 0.00000361. The summed E-state index contributed by atoms with van der Waals surface area (Å²) in [6.07, 6.45) is 0.346. The van der Waals surface area contributed by atoms with Crippen LogP contribution in [0.3, 0.4) is 0 Å². The van der Waals surface area contributed by atoms with E-state index in [0.29, 0.717) is 17.8 Å². The molecule has 1 aliphatic rings. The van der Waals surface area contributed by atoms with E-state index in [1.54, 1.807) is 16.7 Å². The third-order valence-corrected chi connectivity index (χ3v) is 6.96. The van der Waals surface area contributed by atoms with Gasteiger partial charge < -0.3 is 15.5 Å². The summed E-state index contributed by atoms with van der Waals surface area (Å²) in [7, 11) is 0. The van der Waals surface area contributed by atoms with Gasteiger partial charge in [-0.15, -0.1) is 12.4 Å². The van der Waals surface area contributed by atoms with Crippen molar-refractivity contribution >= 4 is 52.3 Å². The molecule has 0 spiro atoms. The molecule has 6 nitrogen and oxygen atoms in total. The Morgan fingerprint density at radius 2 is 1.53 bits per heavy atom. The molecule has 1 aliphatic heterocycles. The maximum Gasteiger partial charge on any atom is 0.233 e. The van der Waals surface area contributed by atoms with E-state index in [4.69, 9.17) is 5.73 Å². The molecule has 0 aromatic heterocycles. The largest absolute Gasteiger partial charge is 0.369 e. The van der Waals surface area contributed by atoms with Crippen molar-refractivity contribution in [1.29, 1.82) is 0 Å². The first kappa shape index (κ1) is 27.2. The lowest BCUT2D eigenvalue weighted by Crippen LogP contribution is -2.46. The number of carbonyl (C=O) groups excluding carboxylic acids is 3. The molecule has 0 fully saturated rings. The summed E-state index contributed by atoms with van der Waals surface area (Å²) in [4.78, 5) is 43.2. The van der Waals surface area contributed by atoms with E-state index in [1.807, 2.05) is 81.4 Å². The van der Waals surface area contributed by atoms with Crippen LogP contribution in [0.4, 0.5) is 11.4 Å². The molecule has 3 aromatic rings. The van der Waals surface area contributed by atoms with Crippen molar-refractivity contribution < 1.29 is 14.4 Å². The normalized spacial score (nSPS) is 17.2. The SMILES string of the molecule is CC(C)CC(=O)N1C[C@H](C(C)C(N)=O)C(=O)N(C(C)c2cccc3ccccc23)c2ccccc21.Cl. The fraction of sp³-hybridized carbons (Fsp3) is 0.345. The zero-order chi connectivity index (χ0) is 25.3. The molecule has 0 bridgehead atoms. The van der Waals surface area contributed by atoms with E-state index in [0.717, 1.165) is 16.3 Å². The van der Waals surface area contributed by atoms with Gasteiger partial charge in [-0.1, -0.05) is 75.4 Å². The lowest BCUT2D eigenvalue weighted by molar-refractivity contribution is -0.131. The molecule has 3 atom stereocenters. The summed E-state index contributed by atoms with van der Waals surface area (Å²) in [5.41, 5.74) is 8.02. The van der Waals surface area contributed by atoms with Crippen LogP contribution in [0.1, 0.15) is 45.7 Å². The average Bonchev–Trinajstić information content (AvgIpc) is 2.96. The molecule has 0 saturated carbocycles. The van der Waals surface area contributed by atoms with Gasteiger partial charge in [-0.2, -0.15) is 0 Å². The number of fused-ring (bicyclic) bond motifs is 2. The molecular formula is C29H34ClN3O3. The molecule has 36 heavy (non-hydrogen) atoms. The highest BCUT2D eigenvalue weighted by Crippen LogP contribution is 2.42. The van der Waals surface area contributed by atoms with Gasteiger partial charge in [0.15, 0.2) is 0 Å². The Morgan fingerprint density at radius 1 is 0.917 bits per heavy atom. The molecule has 2 unspecified atom stereocenters. The molecular weight excluding hydrogens is 474 g/mol. The van der Waals surface area contributed by atoms with Crippen molar-refractivity contribution in [2.45, 2.75) is 40.2 Å². The smallest absolute Gasteiger partial charge is 0.233 e. The van der Waals surface area contributed by atoms with Crippen LogP contribution in [0.25, 0.3) is 10.8 Å². The molecule has 2 N–H and O–H groups in total. The fourth-order valence-electron chi connectivity index (χ4n) is 4.99. The second-order valence-electron chi connectivity index (χ2n) is 9.84. The molecule has 0 saturated heterocycles. The number of anilines is 2. The van der Waals surface area contributed by atoms with Gasteiger partial charge >= 0.3 is 0 Å². The number of rotatable bonds is 6. The highest BCUT2D eigenvalue weighted by Gasteiger charge is 2.42. The quantitative estimate of drug-likeness (QED) is 0.479. The van der Waals surface area contributed by atoms with Gasteiger partial charge in [0.2, 0.25) is 17.7 Å². The molecule has 3 amide bonds. The number of nitrogens with zero attached hydrogens (tertiary/aromatic N) is 2. The monoisotopic (exact) mass is 507 g/mol. The third kappa shape index (κ3) is 5.09. The Kier molecular flexibility index (Phi) is 8.41. The van der Waals surface area contributed by atoms with Crippen LogP contribution in [0.5, 0.6) is 0 Å². The first-order valence-electron chi connectivity index (χ1n) is 12.2. The second-order valence-corrected chi connectivity index (χ2v) is 9.84. The van der Waals surface area contributed by atoms with Crippen molar-refractivity contribution in [3.63, 3.8) is 0 Å². The number of halogens is 1. The molecule has 0 radical (unpaired) electrons. The minimum atomic E-state index is -0.756. The van der Waals surface area contributed by atoms with Crippen LogP contribution in [0.2, 0.25) is 0 Å². The Bertz CT molecular complexity index is 1270. The predicted molar refractivity (Wildman–Crippen MR) is 147 cm³/mol. The summed E-state index contributed by atoms with van der Waals surface area (Å²) >= 11 is 0. The van der Waals surface area contributed by atoms with Gasteiger partial charge in [-0.3, -0.25) is 14.4 Å². The number of amides is 3. The van der Waals surface area contributed by atoms with Crippen LogP contribution in [-0.2, 0) is 14.4 Å². The number of hydrogen-bond acceptors (Lipinski definition) is 3. The van der Waals surface area contributed by atoms with Gasteiger partial charge in [-0.05, 0) is 41.3 Å². The molecule has 190 valence electrons. The average molecular weight is 508 g/mol. The minimum Gasteiger partial charge on any atom is -0.369 e. The van der Waals surface area contributed by atoms with Crippen molar-refractivity contribution in [3.8, 4) is 0 Å². The molecule has 4 rings (SSSR count). The minimum absolute atomic E-state index is 0. The van der Waals surface area contributed by atoms with Gasteiger partial charge in [0.25, 0.3) is 0 Å². The summed E-state index contributed by atoms with van der Waals surface area (Å²) in [6, 6.07) is 21.3. The maximum absolute atomic E-state index is 14.2. The zero-order valence-corrected chi connectivity index (χ0v) is 22.0. The van der Waals surface area contributed by atoms with Crippen LogP contribution in [-0.4, -0.2) is 24.3 Å². The number of nitrogens with two attached hydrogens (primary N) is 1. The summed E-state index contributed by atoms with van der Waals surface area (Å²) in [6.45, 7) is 7.77. The van der Waals surface area contributed by atoms with Crippen LogP contribution in [0.15, 0.2) is 66.7 Å².